The molecule has 19 heavy (non-hydrogen) atoms. The van der Waals surface area contributed by atoms with Crippen LogP contribution in [0.5, 0.6) is 0 Å². The minimum atomic E-state index is -0.799. The fourth-order valence-electron chi connectivity index (χ4n) is 2.62. The highest BCUT2D eigenvalue weighted by molar-refractivity contribution is 5.40. The Morgan fingerprint density at radius 2 is 2.11 bits per heavy atom. The normalized spacial score (nSPS) is 19.0. The lowest BCUT2D eigenvalue weighted by atomic mass is 9.87. The summed E-state index contributed by atoms with van der Waals surface area (Å²) in [4.78, 5) is 4.60. The zero-order valence-corrected chi connectivity index (χ0v) is 12.7. The Morgan fingerprint density at radius 3 is 2.68 bits per heavy atom. The highest BCUT2D eigenvalue weighted by atomic mass is 16.6. The van der Waals surface area contributed by atoms with Crippen LogP contribution in [0.3, 0.4) is 0 Å². The molecule has 0 fully saturated rings. The summed E-state index contributed by atoms with van der Waals surface area (Å²) in [5.74, 6) is 0.581. The van der Waals surface area contributed by atoms with Crippen molar-refractivity contribution in [2.24, 2.45) is 11.3 Å². The molecule has 1 atom stereocenters. The first-order valence-corrected chi connectivity index (χ1v) is 7.07. The molecule has 0 aliphatic carbocycles. The van der Waals surface area contributed by atoms with E-state index in [0.29, 0.717) is 12.5 Å². The van der Waals surface area contributed by atoms with E-state index in [2.05, 4.69) is 39.6 Å². The number of rotatable bonds is 3. The zero-order chi connectivity index (χ0) is 14.2. The SMILES string of the molecule is CC(C)Cc1cnc(CC(C)(C)C)c2c1COC2O. The second-order valence-electron chi connectivity index (χ2n) is 7.12. The molecule has 1 aromatic heterocycles. The van der Waals surface area contributed by atoms with Gasteiger partial charge in [0.05, 0.1) is 6.61 Å². The van der Waals surface area contributed by atoms with Gasteiger partial charge in [-0.3, -0.25) is 4.98 Å². The third kappa shape index (κ3) is 3.34. The molecule has 0 aromatic carbocycles. The van der Waals surface area contributed by atoms with Gasteiger partial charge in [-0.25, -0.2) is 0 Å². The van der Waals surface area contributed by atoms with E-state index in [1.807, 2.05) is 6.20 Å². The van der Waals surface area contributed by atoms with Crippen molar-refractivity contribution in [3.8, 4) is 0 Å². The van der Waals surface area contributed by atoms with E-state index >= 15 is 0 Å². The predicted molar refractivity (Wildman–Crippen MR) is 75.7 cm³/mol. The third-order valence-corrected chi connectivity index (χ3v) is 3.36. The molecule has 1 N–H and O–H groups in total. The molecule has 2 rings (SSSR count). The molecule has 0 bridgehead atoms. The van der Waals surface area contributed by atoms with Crippen LogP contribution in [0.2, 0.25) is 0 Å². The minimum Gasteiger partial charge on any atom is -0.364 e. The van der Waals surface area contributed by atoms with Gasteiger partial charge < -0.3 is 9.84 Å². The Labute approximate surface area is 116 Å². The number of hydrogen-bond acceptors (Lipinski definition) is 3. The molecule has 1 aromatic rings. The Bertz CT molecular complexity index is 461. The smallest absolute Gasteiger partial charge is 0.183 e. The first kappa shape index (κ1) is 14.5. The molecular formula is C16H25NO2. The Balaban J connectivity index is 2.41. The minimum absolute atomic E-state index is 0.155. The van der Waals surface area contributed by atoms with Gasteiger partial charge in [0, 0.05) is 17.5 Å². The van der Waals surface area contributed by atoms with Gasteiger partial charge in [0.15, 0.2) is 6.29 Å². The maximum Gasteiger partial charge on any atom is 0.183 e. The summed E-state index contributed by atoms with van der Waals surface area (Å²) in [6.45, 7) is 11.5. The zero-order valence-electron chi connectivity index (χ0n) is 12.7. The van der Waals surface area contributed by atoms with Crippen molar-refractivity contribution in [2.75, 3.05) is 0 Å². The molecule has 0 radical (unpaired) electrons. The van der Waals surface area contributed by atoms with Crippen LogP contribution in [-0.2, 0) is 24.2 Å². The standard InChI is InChI=1S/C16H25NO2/c1-10(2)6-11-8-17-13(7-16(3,4)5)14-12(11)9-19-15(14)18/h8,10,15,18H,6-7,9H2,1-5H3. The van der Waals surface area contributed by atoms with Crippen LogP contribution < -0.4 is 0 Å². The first-order chi connectivity index (χ1) is 8.78. The molecule has 0 saturated heterocycles. The second-order valence-corrected chi connectivity index (χ2v) is 7.12. The molecule has 1 aliphatic heterocycles. The summed E-state index contributed by atoms with van der Waals surface area (Å²) in [5.41, 5.74) is 4.45. The summed E-state index contributed by atoms with van der Waals surface area (Å²) in [6.07, 6.45) is 3.02. The largest absolute Gasteiger partial charge is 0.364 e. The van der Waals surface area contributed by atoms with Gasteiger partial charge in [-0.15, -0.1) is 0 Å². The highest BCUT2D eigenvalue weighted by Crippen LogP contribution is 2.36. The molecule has 106 valence electrons. The highest BCUT2D eigenvalue weighted by Gasteiger charge is 2.29. The molecule has 1 unspecified atom stereocenters. The number of pyridine rings is 1. The van der Waals surface area contributed by atoms with E-state index in [1.54, 1.807) is 0 Å². The van der Waals surface area contributed by atoms with E-state index in [-0.39, 0.29) is 5.41 Å². The quantitative estimate of drug-likeness (QED) is 0.909. The second kappa shape index (κ2) is 5.22. The molecule has 1 aliphatic rings. The van der Waals surface area contributed by atoms with Crippen LogP contribution in [0.25, 0.3) is 0 Å². The van der Waals surface area contributed by atoms with Crippen molar-refractivity contribution in [2.45, 2.75) is 60.4 Å². The van der Waals surface area contributed by atoms with Crippen molar-refractivity contribution >= 4 is 0 Å². The van der Waals surface area contributed by atoms with Gasteiger partial charge in [-0.2, -0.15) is 0 Å². The third-order valence-electron chi connectivity index (χ3n) is 3.36. The number of hydrogen-bond donors (Lipinski definition) is 1. The van der Waals surface area contributed by atoms with E-state index in [9.17, 15) is 5.11 Å². The number of aliphatic hydroxyl groups is 1. The van der Waals surface area contributed by atoms with E-state index in [4.69, 9.17) is 4.74 Å². The first-order valence-electron chi connectivity index (χ1n) is 7.07. The Hall–Kier alpha value is -0.930. The van der Waals surface area contributed by atoms with Crippen LogP contribution in [-0.4, -0.2) is 10.1 Å². The molecule has 2 heterocycles. The number of aromatic nitrogens is 1. The van der Waals surface area contributed by atoms with Crippen LogP contribution in [0.1, 0.15) is 63.3 Å². The summed E-state index contributed by atoms with van der Waals surface area (Å²) >= 11 is 0. The summed E-state index contributed by atoms with van der Waals surface area (Å²) in [5, 5.41) is 10.1. The summed E-state index contributed by atoms with van der Waals surface area (Å²) in [6, 6.07) is 0. The lowest BCUT2D eigenvalue weighted by Gasteiger charge is -2.21. The van der Waals surface area contributed by atoms with Crippen LogP contribution >= 0.6 is 0 Å². The number of ether oxygens (including phenoxy) is 1. The molecular weight excluding hydrogens is 238 g/mol. The van der Waals surface area contributed by atoms with Gasteiger partial charge in [0.25, 0.3) is 0 Å². The maximum absolute atomic E-state index is 10.1. The summed E-state index contributed by atoms with van der Waals surface area (Å²) < 4.78 is 5.42. The molecule has 3 heteroatoms. The van der Waals surface area contributed by atoms with Crippen molar-refractivity contribution < 1.29 is 9.84 Å². The van der Waals surface area contributed by atoms with Gasteiger partial charge in [-0.1, -0.05) is 34.6 Å². The molecule has 0 spiro atoms. The predicted octanol–water partition coefficient (Wildman–Crippen LogP) is 3.39. The summed E-state index contributed by atoms with van der Waals surface area (Å²) in [7, 11) is 0. The van der Waals surface area contributed by atoms with Crippen molar-refractivity contribution in [1.82, 2.24) is 4.98 Å². The van der Waals surface area contributed by atoms with E-state index in [1.165, 1.54) is 5.56 Å². The van der Waals surface area contributed by atoms with Gasteiger partial charge in [-0.05, 0) is 35.3 Å². The fraction of sp³-hybridized carbons (Fsp3) is 0.688. The van der Waals surface area contributed by atoms with Gasteiger partial charge in [0.2, 0.25) is 0 Å². The molecule has 0 saturated carbocycles. The molecule has 3 nitrogen and oxygen atoms in total. The van der Waals surface area contributed by atoms with Crippen LogP contribution in [0.15, 0.2) is 6.20 Å². The lowest BCUT2D eigenvalue weighted by molar-refractivity contribution is -0.0924. The number of nitrogens with zero attached hydrogens (tertiary/aromatic N) is 1. The van der Waals surface area contributed by atoms with Gasteiger partial charge in [0.1, 0.15) is 0 Å². The van der Waals surface area contributed by atoms with Crippen molar-refractivity contribution in [3.05, 3.63) is 28.6 Å². The topological polar surface area (TPSA) is 42.4 Å². The average molecular weight is 263 g/mol. The molecule has 0 amide bonds. The van der Waals surface area contributed by atoms with E-state index < -0.39 is 6.29 Å². The Kier molecular flexibility index (Phi) is 3.98. The van der Waals surface area contributed by atoms with E-state index in [0.717, 1.165) is 29.7 Å². The average Bonchev–Trinajstić information content (AvgIpc) is 2.62. The number of fused-ring (bicyclic) bond motifs is 1. The van der Waals surface area contributed by atoms with Gasteiger partial charge >= 0.3 is 0 Å². The maximum atomic E-state index is 10.1. The number of aliphatic hydroxyl groups excluding tert-OH is 1. The van der Waals surface area contributed by atoms with Crippen molar-refractivity contribution in [3.63, 3.8) is 0 Å². The van der Waals surface area contributed by atoms with Crippen LogP contribution in [0, 0.1) is 11.3 Å². The lowest BCUT2D eigenvalue weighted by Crippen LogP contribution is -2.15. The fourth-order valence-corrected chi connectivity index (χ4v) is 2.62. The van der Waals surface area contributed by atoms with Crippen LogP contribution in [0.4, 0.5) is 0 Å². The monoisotopic (exact) mass is 263 g/mol. The Morgan fingerprint density at radius 1 is 1.42 bits per heavy atom. The van der Waals surface area contributed by atoms with Crippen molar-refractivity contribution in [1.29, 1.82) is 0 Å².